The number of benzene rings is 1. The predicted molar refractivity (Wildman–Crippen MR) is 99.7 cm³/mol. The van der Waals surface area contributed by atoms with Gasteiger partial charge in [0, 0.05) is 12.4 Å². The van der Waals surface area contributed by atoms with E-state index in [1.807, 2.05) is 49.7 Å². The maximum Gasteiger partial charge on any atom is 0.291 e. The third-order valence-corrected chi connectivity index (χ3v) is 5.53. The maximum absolute atomic E-state index is 13.1. The van der Waals surface area contributed by atoms with Crippen LogP contribution in [0.25, 0.3) is 21.3 Å². The molecule has 128 valence electrons. The molecule has 0 N–H and O–H groups in total. The molecule has 7 heteroatoms. The van der Waals surface area contributed by atoms with Gasteiger partial charge in [0.1, 0.15) is 11.3 Å². The van der Waals surface area contributed by atoms with Gasteiger partial charge in [-0.15, -0.1) is 11.3 Å². The quantitative estimate of drug-likeness (QED) is 0.566. The monoisotopic (exact) mass is 354 g/mol. The highest BCUT2D eigenvalue weighted by atomic mass is 32.1. The Morgan fingerprint density at radius 1 is 1.32 bits per heavy atom. The molecule has 0 radical (unpaired) electrons. The van der Waals surface area contributed by atoms with Gasteiger partial charge in [0.05, 0.1) is 29.1 Å². The number of rotatable bonds is 3. The van der Waals surface area contributed by atoms with Crippen LogP contribution in [-0.2, 0) is 7.05 Å². The Hall–Kier alpha value is -2.67. The van der Waals surface area contributed by atoms with Crippen molar-refractivity contribution in [2.45, 2.75) is 19.9 Å². The van der Waals surface area contributed by atoms with Crippen LogP contribution >= 0.6 is 11.3 Å². The van der Waals surface area contributed by atoms with Crippen LogP contribution in [0.4, 0.5) is 0 Å². The molecule has 0 aliphatic rings. The molecule has 3 aromatic heterocycles. The van der Waals surface area contributed by atoms with E-state index in [1.54, 1.807) is 24.6 Å². The molecule has 3 heterocycles. The first-order chi connectivity index (χ1) is 12.0. The second-order valence-electron chi connectivity index (χ2n) is 6.05. The zero-order chi connectivity index (χ0) is 17.7. The molecule has 6 nitrogen and oxygen atoms in total. The number of ether oxygens (including phenoxy) is 1. The molecule has 1 aromatic carbocycles. The highest BCUT2D eigenvalue weighted by Gasteiger charge is 2.19. The number of aryl methyl sites for hydroxylation is 2. The second-order valence-corrected chi connectivity index (χ2v) is 7.26. The van der Waals surface area contributed by atoms with Gasteiger partial charge in [-0.25, -0.2) is 9.67 Å². The molecule has 0 saturated carbocycles. The highest BCUT2D eigenvalue weighted by Crippen LogP contribution is 2.30. The van der Waals surface area contributed by atoms with Crippen molar-refractivity contribution in [3.05, 3.63) is 51.4 Å². The number of nitrogens with zero attached hydrogens (tertiary/aromatic N) is 4. The van der Waals surface area contributed by atoms with E-state index in [0.29, 0.717) is 5.52 Å². The van der Waals surface area contributed by atoms with Gasteiger partial charge in [-0.1, -0.05) is 12.1 Å². The number of methoxy groups -OCH3 is 1. The third-order valence-electron chi connectivity index (χ3n) is 4.53. The molecule has 0 spiro atoms. The van der Waals surface area contributed by atoms with Crippen molar-refractivity contribution in [1.82, 2.24) is 19.3 Å². The summed E-state index contributed by atoms with van der Waals surface area (Å²) in [5.74, 6) is 0.762. The van der Waals surface area contributed by atoms with Crippen molar-refractivity contribution in [1.29, 1.82) is 0 Å². The number of hydrogen-bond donors (Lipinski definition) is 0. The summed E-state index contributed by atoms with van der Waals surface area (Å²) in [6.07, 6.45) is 1.77. The Bertz CT molecular complexity index is 1160. The van der Waals surface area contributed by atoms with Crippen LogP contribution in [0.3, 0.4) is 0 Å². The third kappa shape index (κ3) is 2.34. The molecule has 0 amide bonds. The molecule has 4 aromatic rings. The van der Waals surface area contributed by atoms with Crippen LogP contribution in [0.1, 0.15) is 23.5 Å². The molecular weight excluding hydrogens is 336 g/mol. The Balaban J connectivity index is 1.92. The van der Waals surface area contributed by atoms with Crippen LogP contribution in [0.5, 0.6) is 5.75 Å². The van der Waals surface area contributed by atoms with E-state index in [0.717, 1.165) is 32.1 Å². The number of hydrogen-bond acceptors (Lipinski definition) is 5. The first kappa shape index (κ1) is 15.8. The molecule has 1 atom stereocenters. The van der Waals surface area contributed by atoms with Gasteiger partial charge in [0.15, 0.2) is 5.65 Å². The second kappa shape index (κ2) is 5.70. The van der Waals surface area contributed by atoms with E-state index >= 15 is 0 Å². The molecule has 0 saturated heterocycles. The fourth-order valence-corrected chi connectivity index (χ4v) is 4.15. The summed E-state index contributed by atoms with van der Waals surface area (Å²) in [7, 11) is 3.51. The Labute approximate surface area is 148 Å². The highest BCUT2D eigenvalue weighted by molar-refractivity contribution is 7.19. The molecule has 0 bridgehead atoms. The molecule has 0 aliphatic carbocycles. The van der Waals surface area contributed by atoms with Gasteiger partial charge in [-0.05, 0) is 31.5 Å². The van der Waals surface area contributed by atoms with E-state index in [1.165, 1.54) is 4.68 Å². The number of aromatic nitrogens is 4. The summed E-state index contributed by atoms with van der Waals surface area (Å²) in [6, 6.07) is 7.50. The molecule has 0 fully saturated rings. The number of fused-ring (bicyclic) bond motifs is 3. The maximum atomic E-state index is 13.1. The van der Waals surface area contributed by atoms with Gasteiger partial charge in [-0.2, -0.15) is 5.10 Å². The lowest BCUT2D eigenvalue weighted by Gasteiger charge is -2.15. The van der Waals surface area contributed by atoms with E-state index in [4.69, 9.17) is 4.74 Å². The van der Waals surface area contributed by atoms with Crippen molar-refractivity contribution in [2.75, 3.05) is 7.11 Å². The van der Waals surface area contributed by atoms with Crippen LogP contribution in [0.15, 0.2) is 35.3 Å². The van der Waals surface area contributed by atoms with Crippen molar-refractivity contribution in [2.24, 2.45) is 7.05 Å². The molecule has 0 aliphatic heterocycles. The van der Waals surface area contributed by atoms with Crippen molar-refractivity contribution in [3.8, 4) is 5.75 Å². The Morgan fingerprint density at radius 2 is 2.12 bits per heavy atom. The van der Waals surface area contributed by atoms with E-state index in [2.05, 4.69) is 10.1 Å². The van der Waals surface area contributed by atoms with Crippen molar-refractivity contribution in [3.63, 3.8) is 0 Å². The summed E-state index contributed by atoms with van der Waals surface area (Å²) in [4.78, 5) is 17.6. The smallest absolute Gasteiger partial charge is 0.291 e. The summed E-state index contributed by atoms with van der Waals surface area (Å²) in [5, 5.41) is 6.29. The summed E-state index contributed by atoms with van der Waals surface area (Å²) in [6.45, 7) is 3.93. The molecule has 4 rings (SSSR count). The summed E-state index contributed by atoms with van der Waals surface area (Å²) < 4.78 is 9.69. The van der Waals surface area contributed by atoms with Gasteiger partial charge in [0.2, 0.25) is 0 Å². The Morgan fingerprint density at radius 3 is 2.88 bits per heavy atom. The molecular formula is C18H18N4O2S. The van der Waals surface area contributed by atoms with Gasteiger partial charge in [0.25, 0.3) is 5.56 Å². The van der Waals surface area contributed by atoms with Crippen molar-refractivity contribution >= 4 is 32.6 Å². The number of thiazole rings is 1. The minimum atomic E-state index is -0.199. The van der Waals surface area contributed by atoms with Crippen LogP contribution in [-0.4, -0.2) is 26.4 Å². The average Bonchev–Trinajstić information content (AvgIpc) is 3.12. The SMILES string of the molecule is COc1cccc(C(C)n2ncc3c4sc(C)nc4n(C)c3c2=O)c1. The fraction of sp³-hybridized carbons (Fsp3) is 0.278. The molecule has 25 heavy (non-hydrogen) atoms. The topological polar surface area (TPSA) is 61.9 Å². The fourth-order valence-electron chi connectivity index (χ4n) is 3.19. The standard InChI is InChI=1S/C18H18N4O2S/c1-10(12-6-5-7-13(8-12)24-4)22-18(23)15-14(9-19-22)16-17(21(15)3)20-11(2)25-16/h5-10H,1-4H3. The minimum Gasteiger partial charge on any atom is -0.497 e. The van der Waals surface area contributed by atoms with Crippen LogP contribution < -0.4 is 10.3 Å². The molecule has 1 unspecified atom stereocenters. The lowest BCUT2D eigenvalue weighted by atomic mass is 10.1. The lowest BCUT2D eigenvalue weighted by molar-refractivity contribution is 0.413. The summed E-state index contributed by atoms with van der Waals surface area (Å²) >= 11 is 1.59. The lowest BCUT2D eigenvalue weighted by Crippen LogP contribution is -2.27. The predicted octanol–water partition coefficient (Wildman–Crippen LogP) is 3.27. The van der Waals surface area contributed by atoms with Gasteiger partial charge >= 0.3 is 0 Å². The largest absolute Gasteiger partial charge is 0.497 e. The minimum absolute atomic E-state index is 0.113. The average molecular weight is 354 g/mol. The zero-order valence-corrected chi connectivity index (χ0v) is 15.3. The van der Waals surface area contributed by atoms with Gasteiger partial charge in [-0.3, -0.25) is 4.79 Å². The van der Waals surface area contributed by atoms with E-state index in [9.17, 15) is 4.79 Å². The Kier molecular flexibility index (Phi) is 3.61. The summed E-state index contributed by atoms with van der Waals surface area (Å²) in [5.41, 5.74) is 2.33. The van der Waals surface area contributed by atoms with E-state index < -0.39 is 0 Å². The first-order valence-corrected chi connectivity index (χ1v) is 8.80. The van der Waals surface area contributed by atoms with Gasteiger partial charge < -0.3 is 9.30 Å². The normalized spacial score (nSPS) is 12.8. The van der Waals surface area contributed by atoms with E-state index in [-0.39, 0.29) is 11.6 Å². The van der Waals surface area contributed by atoms with Crippen molar-refractivity contribution < 1.29 is 4.74 Å². The zero-order valence-electron chi connectivity index (χ0n) is 14.5. The van der Waals surface area contributed by atoms with Crippen LogP contribution in [0, 0.1) is 6.92 Å². The van der Waals surface area contributed by atoms with Crippen LogP contribution in [0.2, 0.25) is 0 Å². The first-order valence-electron chi connectivity index (χ1n) is 7.98.